The van der Waals surface area contributed by atoms with Crippen molar-refractivity contribution >= 4 is 50.5 Å². The maximum Gasteiger partial charge on any atom is 0.737 e. The van der Waals surface area contributed by atoms with Gasteiger partial charge in [0.05, 0.1) is 19.8 Å². The van der Waals surface area contributed by atoms with Gasteiger partial charge in [-0.15, -0.1) is 0 Å². The van der Waals surface area contributed by atoms with E-state index in [0.717, 1.165) is 91.6 Å². The first-order valence-electron chi connectivity index (χ1n) is 29.4. The van der Waals surface area contributed by atoms with E-state index in [9.17, 15) is 28.6 Å². The molecule has 1 aromatic rings. The Hall–Kier alpha value is -4.38. The lowest BCUT2D eigenvalue weighted by molar-refractivity contribution is -0.362. The molecule has 0 fully saturated rings. The molecule has 2 amide bonds. The lowest BCUT2D eigenvalue weighted by Crippen LogP contribution is -2.50. The van der Waals surface area contributed by atoms with Gasteiger partial charge in [0.25, 0.3) is 0 Å². The Balaban J connectivity index is 1.32. The third-order valence-corrected chi connectivity index (χ3v) is 14.7. The predicted octanol–water partition coefficient (Wildman–Crippen LogP) is 14.0. The molecular weight excluding hydrogens is 1010 g/mol. The lowest BCUT2D eigenvalue weighted by Gasteiger charge is -2.30. The summed E-state index contributed by atoms with van der Waals surface area (Å²) in [5.41, 5.74) is 2.38. The second-order valence-corrected chi connectivity index (χ2v) is 22.0. The van der Waals surface area contributed by atoms with Crippen molar-refractivity contribution in [2.75, 3.05) is 39.5 Å². The van der Waals surface area contributed by atoms with Crippen LogP contribution in [0.5, 0.6) is 0 Å². The van der Waals surface area contributed by atoms with E-state index in [2.05, 4.69) is 48.8 Å². The van der Waals surface area contributed by atoms with Crippen LogP contribution in [0.2, 0.25) is 0 Å². The summed E-state index contributed by atoms with van der Waals surface area (Å²) < 4.78 is 72.4. The molecule has 3 N–H and O–H groups in total. The molecule has 77 heavy (non-hydrogen) atoms. The van der Waals surface area contributed by atoms with E-state index < -0.39 is 58.0 Å². The molecule has 436 valence electrons. The standard InChI is InChI=1S/C58H96BF2N4O11P/c1-5-7-9-11-13-15-17-19-21-23-25-27-29-31-33-35-56(67)73-47-53(76-57(68)36-34-32-30-28-26-24-22-20-18-16-14-12-10-8-6-2)48-75-77(70,71)74-44-42-63-58(69)72-43-41-62-55(66)40-39-51-37-38-52-46-54-49(3)45-50(4)64(54)59(60,61)65(51)52/h19-22,37-38,45-46,53H,5-18,23-36,39-44,47-48H2,1-4H3,(H,62,66)(H,63,69)(H,70,71)/b21-19-,22-20-/t53-/m1/s1. The highest BCUT2D eigenvalue weighted by Gasteiger charge is 2.52. The number of aromatic nitrogens is 1. The summed E-state index contributed by atoms with van der Waals surface area (Å²) in [6, 6.07) is 1.73. The number of hydrogen-bond acceptors (Lipinski definition) is 10. The molecule has 0 spiro atoms. The zero-order valence-corrected chi connectivity index (χ0v) is 48.3. The van der Waals surface area contributed by atoms with Gasteiger partial charge >= 0.3 is 32.8 Å². The van der Waals surface area contributed by atoms with Crippen LogP contribution in [0.3, 0.4) is 0 Å². The molecule has 0 radical (unpaired) electrons. The molecular formula is C58H96BF2N4O11P. The minimum Gasteiger partial charge on any atom is -0.462 e. The van der Waals surface area contributed by atoms with Gasteiger partial charge in [0, 0.05) is 56.2 Å². The number of nitrogens with one attached hydrogen (secondary N) is 2. The molecule has 0 aromatic carbocycles. The third-order valence-electron chi connectivity index (χ3n) is 13.7. The van der Waals surface area contributed by atoms with Crippen molar-refractivity contribution in [3.63, 3.8) is 0 Å². The van der Waals surface area contributed by atoms with Crippen LogP contribution in [-0.2, 0) is 42.2 Å². The van der Waals surface area contributed by atoms with Crippen LogP contribution in [-0.4, -0.2) is 96.1 Å². The molecule has 0 saturated heterocycles. The fraction of sp³-hybridized carbons (Fsp3) is 0.707. The molecule has 0 bridgehead atoms. The van der Waals surface area contributed by atoms with Crippen molar-refractivity contribution in [1.29, 1.82) is 0 Å². The van der Waals surface area contributed by atoms with Crippen molar-refractivity contribution in [3.05, 3.63) is 65.2 Å². The largest absolute Gasteiger partial charge is 0.737 e. The van der Waals surface area contributed by atoms with Gasteiger partial charge < -0.3 is 47.3 Å². The molecule has 1 aromatic heterocycles. The average molecular weight is 1110 g/mol. The van der Waals surface area contributed by atoms with Crippen molar-refractivity contribution in [1.82, 2.24) is 15.1 Å². The number of allylic oxidation sites excluding steroid dienone is 6. The number of unbranched alkanes of at least 4 members (excludes halogenated alkanes) is 22. The number of phosphoric acid groups is 1. The molecule has 0 saturated carbocycles. The van der Waals surface area contributed by atoms with Gasteiger partial charge in [0.2, 0.25) is 5.91 Å². The number of rotatable bonds is 46. The number of carbonyl (C=O) groups is 4. The zero-order chi connectivity index (χ0) is 56.0. The molecule has 1 unspecified atom stereocenters. The zero-order valence-electron chi connectivity index (χ0n) is 47.4. The van der Waals surface area contributed by atoms with E-state index >= 15 is 8.63 Å². The Bertz CT molecular complexity index is 2110. The van der Waals surface area contributed by atoms with Crippen LogP contribution in [0.1, 0.15) is 223 Å². The van der Waals surface area contributed by atoms with Gasteiger partial charge in [-0.3, -0.25) is 23.4 Å². The molecule has 2 atom stereocenters. The first-order valence-corrected chi connectivity index (χ1v) is 30.9. The van der Waals surface area contributed by atoms with Crippen LogP contribution in [0.4, 0.5) is 13.4 Å². The Morgan fingerprint density at radius 1 is 0.662 bits per heavy atom. The van der Waals surface area contributed by atoms with Crippen molar-refractivity contribution < 1.29 is 65.0 Å². The molecule has 3 heterocycles. The topological polar surface area (TPSA) is 184 Å². The summed E-state index contributed by atoms with van der Waals surface area (Å²) in [4.78, 5) is 60.7. The van der Waals surface area contributed by atoms with Gasteiger partial charge in [-0.2, -0.15) is 0 Å². The number of amides is 2. The quantitative estimate of drug-likeness (QED) is 0.0141. The number of aryl methyl sites for hydroxylation is 2. The van der Waals surface area contributed by atoms with Gasteiger partial charge in [0.15, 0.2) is 11.8 Å². The smallest absolute Gasteiger partial charge is 0.462 e. The Kier molecular flexibility index (Phi) is 34.7. The van der Waals surface area contributed by atoms with E-state index in [-0.39, 0.29) is 52.0 Å². The number of carbonyl (C=O) groups excluding carboxylic acids is 4. The monoisotopic (exact) mass is 1100 g/mol. The van der Waals surface area contributed by atoms with Crippen LogP contribution in [0, 0.1) is 13.8 Å². The van der Waals surface area contributed by atoms with Crippen molar-refractivity contribution in [2.45, 2.75) is 226 Å². The number of nitrogens with zero attached hydrogens (tertiary/aromatic N) is 2. The number of esters is 2. The summed E-state index contributed by atoms with van der Waals surface area (Å²) in [6.07, 6.45) is 41.7. The highest BCUT2D eigenvalue weighted by Crippen LogP contribution is 2.43. The Morgan fingerprint density at radius 2 is 1.18 bits per heavy atom. The minimum absolute atomic E-state index is 0.0377. The molecule has 19 heteroatoms. The Labute approximate surface area is 460 Å². The number of phosphoric ester groups is 1. The van der Waals surface area contributed by atoms with E-state index in [1.54, 1.807) is 38.1 Å². The van der Waals surface area contributed by atoms with Gasteiger partial charge in [-0.25, -0.2) is 9.36 Å². The van der Waals surface area contributed by atoms with Crippen LogP contribution in [0.25, 0.3) is 6.08 Å². The Morgan fingerprint density at radius 3 is 1.75 bits per heavy atom. The summed E-state index contributed by atoms with van der Waals surface area (Å²) in [5.74, 6) is -1.42. The first kappa shape index (κ1) is 66.9. The maximum absolute atomic E-state index is 15.7. The van der Waals surface area contributed by atoms with Gasteiger partial charge in [0.1, 0.15) is 18.9 Å². The molecule has 15 nitrogen and oxygen atoms in total. The number of fused-ring (bicyclic) bond motifs is 2. The van der Waals surface area contributed by atoms with Crippen LogP contribution < -0.4 is 10.6 Å². The molecule has 2 aliphatic heterocycles. The third kappa shape index (κ3) is 28.9. The maximum atomic E-state index is 15.7. The van der Waals surface area contributed by atoms with E-state index in [1.165, 1.54) is 77.0 Å². The van der Waals surface area contributed by atoms with Crippen molar-refractivity contribution in [3.8, 4) is 0 Å². The number of halogens is 2. The lowest BCUT2D eigenvalue weighted by atomic mass is 9.90. The minimum atomic E-state index is -4.71. The fourth-order valence-electron chi connectivity index (χ4n) is 9.44. The summed E-state index contributed by atoms with van der Waals surface area (Å²) in [7, 11) is -4.71. The summed E-state index contributed by atoms with van der Waals surface area (Å²) >= 11 is 0. The van der Waals surface area contributed by atoms with E-state index in [0.29, 0.717) is 35.6 Å². The second kappa shape index (κ2) is 39.9. The van der Waals surface area contributed by atoms with Crippen molar-refractivity contribution in [2.24, 2.45) is 0 Å². The average Bonchev–Trinajstić information content (AvgIpc) is 4.14. The second-order valence-electron chi connectivity index (χ2n) is 20.5. The summed E-state index contributed by atoms with van der Waals surface area (Å²) in [5, 5.41) is 4.97. The highest BCUT2D eigenvalue weighted by molar-refractivity contribution is 7.47. The van der Waals surface area contributed by atoms with Gasteiger partial charge in [-0.1, -0.05) is 141 Å². The van der Waals surface area contributed by atoms with E-state index in [4.69, 9.17) is 23.3 Å². The number of ether oxygens (including phenoxy) is 3. The molecule has 2 aliphatic rings. The fourth-order valence-corrected chi connectivity index (χ4v) is 10.2. The van der Waals surface area contributed by atoms with Gasteiger partial charge in [-0.05, 0) is 95.4 Å². The predicted molar refractivity (Wildman–Crippen MR) is 303 cm³/mol. The first-order chi connectivity index (χ1) is 37.2. The highest BCUT2D eigenvalue weighted by atomic mass is 31.2. The van der Waals surface area contributed by atoms with Crippen LogP contribution >= 0.6 is 7.82 Å². The molecule has 0 aliphatic carbocycles. The summed E-state index contributed by atoms with van der Waals surface area (Å²) in [6.45, 7) is 1.89. The number of alkyl carbamates (subject to hydrolysis) is 1. The molecule has 3 rings (SSSR count). The number of hydrogen-bond donors (Lipinski definition) is 3. The van der Waals surface area contributed by atoms with E-state index in [1.807, 2.05) is 0 Å². The normalized spacial score (nSPS) is 14.9. The SMILES string of the molecule is CCCCCCCC/C=C\CCCCCCCC(=O)OC[C@H](COP(=O)(O)OCCNC(=O)OCCNC(=O)CCC1=[N+]2C(=Cc3c(C)cc(C)n3[B-]2(F)F)C=C1)OC(=O)CCCCCCC/C=C\CCCCCCCC. The van der Waals surface area contributed by atoms with Crippen LogP contribution in [0.15, 0.2) is 48.2 Å².